The fourth-order valence-corrected chi connectivity index (χ4v) is 4.34. The van der Waals surface area contributed by atoms with Crippen molar-refractivity contribution in [2.45, 2.75) is 37.9 Å². The van der Waals surface area contributed by atoms with Crippen LogP contribution in [0.5, 0.6) is 0 Å². The number of nitrogens with zero attached hydrogens (tertiary/aromatic N) is 1. The smallest absolute Gasteiger partial charge is 0.233 e. The first-order valence-corrected chi connectivity index (χ1v) is 10.0. The number of rotatable bonds is 8. The van der Waals surface area contributed by atoms with Gasteiger partial charge >= 0.3 is 0 Å². The Morgan fingerprint density at radius 2 is 1.96 bits per heavy atom. The summed E-state index contributed by atoms with van der Waals surface area (Å²) in [5, 5.41) is 2.84. The second-order valence-corrected chi connectivity index (χ2v) is 7.66. The highest BCUT2D eigenvalue weighted by Gasteiger charge is 2.47. The van der Waals surface area contributed by atoms with Gasteiger partial charge in [0, 0.05) is 25.3 Å². The number of furan rings is 1. The van der Waals surface area contributed by atoms with Crippen molar-refractivity contribution >= 4 is 29.5 Å². The normalized spacial score (nSPS) is 23.0. The Morgan fingerprint density at radius 1 is 1.24 bits per heavy atom. The van der Waals surface area contributed by atoms with Gasteiger partial charge in [-0.15, -0.1) is 0 Å². The molecule has 136 valence electrons. The van der Waals surface area contributed by atoms with Crippen LogP contribution in [0.2, 0.25) is 0 Å². The van der Waals surface area contributed by atoms with Gasteiger partial charge in [-0.3, -0.25) is 19.3 Å². The van der Waals surface area contributed by atoms with E-state index in [4.69, 9.17) is 4.42 Å². The second kappa shape index (κ2) is 8.56. The van der Waals surface area contributed by atoms with E-state index in [0.29, 0.717) is 6.54 Å². The molecule has 0 unspecified atom stereocenters. The number of imide groups is 1. The summed E-state index contributed by atoms with van der Waals surface area (Å²) in [6, 6.07) is 3.78. The molecular weight excluding hydrogens is 340 g/mol. The van der Waals surface area contributed by atoms with Crippen LogP contribution in [0.4, 0.5) is 0 Å². The van der Waals surface area contributed by atoms with Crippen LogP contribution < -0.4 is 5.32 Å². The molecule has 6 nitrogen and oxygen atoms in total. The number of nitrogens with one attached hydrogen (secondary N) is 1. The van der Waals surface area contributed by atoms with E-state index >= 15 is 0 Å². The van der Waals surface area contributed by atoms with E-state index in [1.165, 1.54) is 4.90 Å². The molecular formula is C18H24N2O4S. The Morgan fingerprint density at radius 3 is 2.60 bits per heavy atom. The van der Waals surface area contributed by atoms with Crippen molar-refractivity contribution < 1.29 is 18.8 Å². The first-order chi connectivity index (χ1) is 12.2. The number of carbonyl (C=O) groups excluding carboxylic acids is 3. The number of carbonyl (C=O) groups is 3. The molecule has 0 spiro atoms. The zero-order valence-electron chi connectivity index (χ0n) is 14.2. The van der Waals surface area contributed by atoms with Crippen molar-refractivity contribution in [2.24, 2.45) is 11.8 Å². The molecule has 0 bridgehead atoms. The summed E-state index contributed by atoms with van der Waals surface area (Å²) in [7, 11) is 0. The van der Waals surface area contributed by atoms with Gasteiger partial charge in [0.1, 0.15) is 5.76 Å². The molecule has 3 rings (SSSR count). The van der Waals surface area contributed by atoms with Gasteiger partial charge in [0.05, 0.1) is 23.9 Å². The molecule has 1 aromatic heterocycles. The van der Waals surface area contributed by atoms with Gasteiger partial charge < -0.3 is 9.73 Å². The Hall–Kier alpha value is -1.76. The fraction of sp³-hybridized carbons (Fsp3) is 0.611. The summed E-state index contributed by atoms with van der Waals surface area (Å²) in [4.78, 5) is 37.9. The van der Waals surface area contributed by atoms with E-state index in [-0.39, 0.29) is 42.5 Å². The lowest BCUT2D eigenvalue weighted by atomic mass is 9.81. The predicted octanol–water partition coefficient (Wildman–Crippen LogP) is 2.19. The summed E-state index contributed by atoms with van der Waals surface area (Å²) in [6.07, 6.45) is 5.48. The molecule has 0 radical (unpaired) electrons. The monoisotopic (exact) mass is 364 g/mol. The lowest BCUT2D eigenvalue weighted by molar-refractivity contribution is -0.140. The van der Waals surface area contributed by atoms with Gasteiger partial charge in [-0.2, -0.15) is 11.8 Å². The minimum Gasteiger partial charge on any atom is -0.468 e. The summed E-state index contributed by atoms with van der Waals surface area (Å²) < 4.78 is 5.24. The summed E-state index contributed by atoms with van der Waals surface area (Å²) in [5.41, 5.74) is 0. The van der Waals surface area contributed by atoms with E-state index < -0.39 is 0 Å². The SMILES string of the molecule is O=C(CCN1C(=O)[C@H]2CCCC[C@H]2C1=O)NCCSCc1ccco1. The van der Waals surface area contributed by atoms with Crippen molar-refractivity contribution in [1.29, 1.82) is 0 Å². The third-order valence-corrected chi connectivity index (χ3v) is 5.87. The highest BCUT2D eigenvalue weighted by molar-refractivity contribution is 7.98. The predicted molar refractivity (Wildman–Crippen MR) is 94.7 cm³/mol. The average Bonchev–Trinajstić information content (AvgIpc) is 3.22. The molecule has 1 aliphatic carbocycles. The Balaban J connectivity index is 1.33. The van der Waals surface area contributed by atoms with Crippen LogP contribution in [0, 0.1) is 11.8 Å². The molecule has 1 saturated heterocycles. The largest absolute Gasteiger partial charge is 0.468 e. The van der Waals surface area contributed by atoms with Gasteiger partial charge in [-0.25, -0.2) is 0 Å². The van der Waals surface area contributed by atoms with Gasteiger partial charge in [0.15, 0.2) is 0 Å². The van der Waals surface area contributed by atoms with Crippen molar-refractivity contribution in [1.82, 2.24) is 10.2 Å². The minimum absolute atomic E-state index is 0.0727. The minimum atomic E-state index is -0.137. The molecule has 0 aromatic carbocycles. The first kappa shape index (κ1) is 18.0. The molecule has 2 atom stereocenters. The number of amides is 3. The molecule has 1 aromatic rings. The molecule has 1 aliphatic heterocycles. The maximum atomic E-state index is 12.3. The van der Waals surface area contributed by atoms with Crippen LogP contribution in [0.1, 0.15) is 37.9 Å². The third kappa shape index (κ3) is 4.45. The lowest BCUT2D eigenvalue weighted by Gasteiger charge is -2.19. The Labute approximate surface area is 151 Å². The van der Waals surface area contributed by atoms with Gasteiger partial charge in [-0.1, -0.05) is 12.8 Å². The highest BCUT2D eigenvalue weighted by atomic mass is 32.2. The van der Waals surface area contributed by atoms with Crippen molar-refractivity contribution in [3.8, 4) is 0 Å². The van der Waals surface area contributed by atoms with Crippen LogP contribution in [0.3, 0.4) is 0 Å². The molecule has 2 aliphatic rings. The number of hydrogen-bond donors (Lipinski definition) is 1. The van der Waals surface area contributed by atoms with E-state index in [1.54, 1.807) is 18.0 Å². The van der Waals surface area contributed by atoms with E-state index in [1.807, 2.05) is 12.1 Å². The van der Waals surface area contributed by atoms with Gasteiger partial charge in [0.25, 0.3) is 0 Å². The van der Waals surface area contributed by atoms with Crippen molar-refractivity contribution in [3.05, 3.63) is 24.2 Å². The van der Waals surface area contributed by atoms with E-state index in [9.17, 15) is 14.4 Å². The molecule has 1 N–H and O–H groups in total. The molecule has 25 heavy (non-hydrogen) atoms. The van der Waals surface area contributed by atoms with Crippen LogP contribution in [-0.2, 0) is 20.1 Å². The number of fused-ring (bicyclic) bond motifs is 1. The highest BCUT2D eigenvalue weighted by Crippen LogP contribution is 2.37. The Kier molecular flexibility index (Phi) is 6.18. The van der Waals surface area contributed by atoms with Gasteiger partial charge in [-0.05, 0) is 25.0 Å². The van der Waals surface area contributed by atoms with Crippen molar-refractivity contribution in [2.75, 3.05) is 18.8 Å². The lowest BCUT2D eigenvalue weighted by Crippen LogP contribution is -2.36. The number of likely N-dealkylation sites (tertiary alicyclic amines) is 1. The number of hydrogen-bond acceptors (Lipinski definition) is 5. The zero-order chi connectivity index (χ0) is 17.6. The van der Waals surface area contributed by atoms with Crippen LogP contribution >= 0.6 is 11.8 Å². The van der Waals surface area contributed by atoms with E-state index in [2.05, 4.69) is 5.32 Å². The summed E-state index contributed by atoms with van der Waals surface area (Å²) >= 11 is 1.68. The quantitative estimate of drug-likeness (QED) is 0.565. The van der Waals surface area contributed by atoms with Crippen LogP contribution in [0.15, 0.2) is 22.8 Å². The topological polar surface area (TPSA) is 79.6 Å². The fourth-order valence-electron chi connectivity index (χ4n) is 3.58. The second-order valence-electron chi connectivity index (χ2n) is 6.56. The summed E-state index contributed by atoms with van der Waals surface area (Å²) in [5.74, 6) is 1.95. The van der Waals surface area contributed by atoms with E-state index in [0.717, 1.165) is 42.9 Å². The third-order valence-electron chi connectivity index (χ3n) is 4.89. The number of thioether (sulfide) groups is 1. The molecule has 2 fully saturated rings. The van der Waals surface area contributed by atoms with Crippen molar-refractivity contribution in [3.63, 3.8) is 0 Å². The molecule has 3 amide bonds. The Bertz CT molecular complexity index is 593. The summed E-state index contributed by atoms with van der Waals surface area (Å²) in [6.45, 7) is 0.771. The molecule has 2 heterocycles. The molecule has 1 saturated carbocycles. The maximum absolute atomic E-state index is 12.3. The van der Waals surface area contributed by atoms with Crippen LogP contribution in [0.25, 0.3) is 0 Å². The maximum Gasteiger partial charge on any atom is 0.233 e. The standard InChI is InChI=1S/C18H24N2O4S/c21-16(19-8-11-25-12-13-4-3-10-24-13)7-9-20-17(22)14-5-1-2-6-15(14)18(20)23/h3-4,10,14-15H,1-2,5-9,11-12H2,(H,19,21)/t14-,15+. The van der Waals surface area contributed by atoms with Crippen LogP contribution in [-0.4, -0.2) is 41.5 Å². The van der Waals surface area contributed by atoms with Gasteiger partial charge in [0.2, 0.25) is 17.7 Å². The average molecular weight is 364 g/mol. The molecule has 7 heteroatoms. The first-order valence-electron chi connectivity index (χ1n) is 8.89. The zero-order valence-corrected chi connectivity index (χ0v) is 15.1.